The van der Waals surface area contributed by atoms with Gasteiger partial charge in [-0.15, -0.1) is 0 Å². The van der Waals surface area contributed by atoms with E-state index in [-0.39, 0.29) is 55.1 Å². The van der Waals surface area contributed by atoms with Crippen molar-refractivity contribution in [2.45, 2.75) is 44.2 Å². The third-order valence-electron chi connectivity index (χ3n) is 12.1. The number of nitrogens with one attached hydrogen (secondary N) is 3. The van der Waals surface area contributed by atoms with Gasteiger partial charge in [0.05, 0.1) is 29.8 Å². The van der Waals surface area contributed by atoms with Gasteiger partial charge < -0.3 is 44.9 Å². The molecule has 0 saturated carbocycles. The third-order valence-corrected chi connectivity index (χ3v) is 12.1. The van der Waals surface area contributed by atoms with E-state index in [1.54, 1.807) is 61.6 Å². The first-order valence-corrected chi connectivity index (χ1v) is 21.9. The molecule has 3 aliphatic rings. The van der Waals surface area contributed by atoms with E-state index in [0.717, 1.165) is 54.7 Å². The van der Waals surface area contributed by atoms with Gasteiger partial charge >= 0.3 is 12.1 Å². The summed E-state index contributed by atoms with van der Waals surface area (Å²) in [6, 6.07) is 37.0. The summed E-state index contributed by atoms with van der Waals surface area (Å²) in [5.41, 5.74) is 4.73. The Labute approximate surface area is 376 Å². The van der Waals surface area contributed by atoms with E-state index in [4.69, 9.17) is 14.2 Å². The minimum atomic E-state index is -0.924. The lowest BCUT2D eigenvalue weighted by Gasteiger charge is -2.43. The number of aromatic nitrogens is 1. The van der Waals surface area contributed by atoms with Crippen LogP contribution < -0.4 is 20.9 Å². The van der Waals surface area contributed by atoms with E-state index in [9.17, 15) is 29.4 Å². The van der Waals surface area contributed by atoms with Crippen LogP contribution >= 0.6 is 0 Å². The number of aliphatic hydroxyl groups is 1. The van der Waals surface area contributed by atoms with Crippen molar-refractivity contribution in [1.29, 1.82) is 0 Å². The number of rotatable bonds is 17. The number of fused-ring (bicyclic) bond motifs is 4. The van der Waals surface area contributed by atoms with Crippen molar-refractivity contribution in [2.24, 2.45) is 5.92 Å². The summed E-state index contributed by atoms with van der Waals surface area (Å²) < 4.78 is 17.7. The number of benzene rings is 5. The van der Waals surface area contributed by atoms with Gasteiger partial charge in [-0.25, -0.2) is 9.59 Å². The first-order valence-electron chi connectivity index (χ1n) is 21.9. The van der Waals surface area contributed by atoms with Crippen LogP contribution in [-0.2, 0) is 22.6 Å². The fraction of sp³-hybridized carbons (Fsp3) is 0.294. The molecule has 2 bridgehead atoms. The summed E-state index contributed by atoms with van der Waals surface area (Å²) >= 11 is 0. The molecule has 5 aromatic carbocycles. The zero-order chi connectivity index (χ0) is 45.3. The number of aromatic amines is 1. The van der Waals surface area contributed by atoms with Gasteiger partial charge in [-0.3, -0.25) is 14.5 Å². The molecular formula is C51H53N5O9. The highest BCUT2D eigenvalue weighted by Gasteiger charge is 2.37. The number of carbonyl (C=O) groups excluding carboxylic acids is 3. The number of H-pyrrole nitrogens is 1. The van der Waals surface area contributed by atoms with E-state index in [2.05, 4.69) is 20.5 Å². The molecule has 0 spiro atoms. The van der Waals surface area contributed by atoms with E-state index in [1.807, 2.05) is 60.7 Å². The summed E-state index contributed by atoms with van der Waals surface area (Å²) in [5, 5.41) is 27.9. The van der Waals surface area contributed by atoms with Crippen molar-refractivity contribution in [2.75, 3.05) is 46.4 Å². The van der Waals surface area contributed by atoms with Crippen LogP contribution in [0.1, 0.15) is 73.5 Å². The average Bonchev–Trinajstić information content (AvgIpc) is 3.33. The van der Waals surface area contributed by atoms with Crippen LogP contribution in [-0.4, -0.2) is 95.4 Å². The van der Waals surface area contributed by atoms with Crippen LogP contribution in [0.3, 0.4) is 0 Å². The molecule has 65 heavy (non-hydrogen) atoms. The highest BCUT2D eigenvalue weighted by molar-refractivity contribution is 5.94. The van der Waals surface area contributed by atoms with E-state index < -0.39 is 24.2 Å². The van der Waals surface area contributed by atoms with Gasteiger partial charge in [0.2, 0.25) is 5.56 Å². The van der Waals surface area contributed by atoms with Gasteiger partial charge in [-0.05, 0) is 108 Å². The number of phenolic OH excluding ortho intramolecular Hbond substituents is 1. The smallest absolute Gasteiger partial charge is 0.408 e. The van der Waals surface area contributed by atoms with Gasteiger partial charge in [0.1, 0.15) is 30.8 Å². The number of ether oxygens (including phenoxy) is 3. The molecule has 3 saturated heterocycles. The molecule has 5 N–H and O–H groups in total. The van der Waals surface area contributed by atoms with Crippen molar-refractivity contribution < 1.29 is 38.8 Å². The molecule has 1 aromatic heterocycles. The predicted octanol–water partition coefficient (Wildman–Crippen LogP) is 6.47. The quantitative estimate of drug-likeness (QED) is 0.0633. The zero-order valence-electron chi connectivity index (χ0n) is 36.2. The number of amides is 2. The third kappa shape index (κ3) is 11.2. The monoisotopic (exact) mass is 879 g/mol. The highest BCUT2D eigenvalue weighted by atomic mass is 16.6. The summed E-state index contributed by atoms with van der Waals surface area (Å²) in [5.74, 6) is 0.196. The molecule has 14 nitrogen and oxygen atoms in total. The number of carbonyl (C=O) groups is 3. The number of aromatic hydroxyl groups is 1. The van der Waals surface area contributed by atoms with Crippen LogP contribution in [0.2, 0.25) is 0 Å². The molecule has 3 atom stereocenters. The van der Waals surface area contributed by atoms with Gasteiger partial charge in [0, 0.05) is 43.7 Å². The largest absolute Gasteiger partial charge is 0.506 e. The number of esters is 1. The summed E-state index contributed by atoms with van der Waals surface area (Å²) in [6.45, 7) is 3.89. The molecule has 2 amide bonds. The topological polar surface area (TPSA) is 183 Å². The Morgan fingerprint density at radius 2 is 1.62 bits per heavy atom. The number of hydrogen-bond acceptors (Lipinski definition) is 11. The number of likely N-dealkylation sites (N-methyl/N-ethyl adjacent to an activating group) is 1. The normalized spacial score (nSPS) is 17.5. The number of piperidine rings is 3. The number of phenols is 1. The summed E-state index contributed by atoms with van der Waals surface area (Å²) in [4.78, 5) is 57.7. The summed E-state index contributed by atoms with van der Waals surface area (Å²) in [7, 11) is 1.64. The number of hydrogen-bond donors (Lipinski definition) is 5. The Hall–Kier alpha value is -7.00. The zero-order valence-corrected chi connectivity index (χ0v) is 36.2. The van der Waals surface area contributed by atoms with Crippen molar-refractivity contribution in [3.05, 3.63) is 177 Å². The number of pyridine rings is 1. The molecule has 3 fully saturated rings. The molecule has 0 radical (unpaired) electrons. The minimum Gasteiger partial charge on any atom is -0.506 e. The van der Waals surface area contributed by atoms with Crippen LogP contribution in [0, 0.1) is 5.92 Å². The van der Waals surface area contributed by atoms with Crippen molar-refractivity contribution in [1.82, 2.24) is 25.4 Å². The SMILES string of the molecule is CN(CCOC(=O)c1ccc(COc2cccc(C(NC(=O)OC3CN4CCC3CC4)c3ccccc3)c2)cc1)C(=O)c1cccc(CNCC(O)c2ccc(O)c3[nH]c(=O)ccc23)c1. The summed E-state index contributed by atoms with van der Waals surface area (Å²) in [6.07, 6.45) is 0.646. The molecule has 9 rings (SSSR count). The lowest BCUT2D eigenvalue weighted by molar-refractivity contribution is -0.0336. The van der Waals surface area contributed by atoms with Crippen molar-refractivity contribution in [3.63, 3.8) is 0 Å². The van der Waals surface area contributed by atoms with Crippen LogP contribution in [0.15, 0.2) is 132 Å². The maximum Gasteiger partial charge on any atom is 0.408 e. The van der Waals surface area contributed by atoms with Gasteiger partial charge in [0.15, 0.2) is 0 Å². The first-order chi connectivity index (χ1) is 31.6. The minimum absolute atomic E-state index is 0.00248. The molecule has 336 valence electrons. The molecule has 0 aliphatic carbocycles. The van der Waals surface area contributed by atoms with Gasteiger partial charge in [-0.1, -0.05) is 72.8 Å². The first kappa shape index (κ1) is 44.6. The molecule has 6 aromatic rings. The Kier molecular flexibility index (Phi) is 14.2. The highest BCUT2D eigenvalue weighted by Crippen LogP contribution is 2.32. The predicted molar refractivity (Wildman–Crippen MR) is 245 cm³/mol. The van der Waals surface area contributed by atoms with Crippen LogP contribution in [0.25, 0.3) is 10.9 Å². The molecule has 3 unspecified atom stereocenters. The molecular weight excluding hydrogens is 827 g/mol. The van der Waals surface area contributed by atoms with Gasteiger partial charge in [-0.2, -0.15) is 0 Å². The Balaban J connectivity index is 0.785. The van der Waals surface area contributed by atoms with E-state index >= 15 is 0 Å². The van der Waals surface area contributed by atoms with Gasteiger partial charge in [0.25, 0.3) is 5.91 Å². The standard InChI is InChI=1S/C51H53N5O9/c1-55(49(60)39-11-5-7-34(27-39)29-52-30-44(58)41-17-19-43(57)48-42(41)18-20-46(59)53-48)25-26-63-50(61)37-15-13-33(14-16-37)32-64-40-12-6-10-38(28-40)47(36-8-3-2-4-9-36)54-51(62)65-45-31-56-23-21-35(45)22-24-56/h2-20,27-28,35,44-45,47,52,57-58H,21-26,29-32H2,1H3,(H,53,59)(H,54,62). The Morgan fingerprint density at radius 3 is 2.38 bits per heavy atom. The second kappa shape index (κ2) is 20.7. The van der Waals surface area contributed by atoms with Crippen molar-refractivity contribution in [3.8, 4) is 11.5 Å². The van der Waals surface area contributed by atoms with Crippen molar-refractivity contribution >= 4 is 28.9 Å². The molecule has 3 aliphatic heterocycles. The molecule has 14 heteroatoms. The lowest BCUT2D eigenvalue weighted by Crippen LogP contribution is -2.52. The lowest BCUT2D eigenvalue weighted by atomic mass is 9.86. The second-order valence-corrected chi connectivity index (χ2v) is 16.6. The molecule has 4 heterocycles. The number of alkyl carbamates (subject to hydrolysis) is 1. The fourth-order valence-corrected chi connectivity index (χ4v) is 8.53. The van der Waals surface area contributed by atoms with Crippen LogP contribution in [0.5, 0.6) is 11.5 Å². The number of aliphatic hydroxyl groups excluding tert-OH is 1. The van der Waals surface area contributed by atoms with E-state index in [1.165, 1.54) is 17.0 Å². The van der Waals surface area contributed by atoms with Crippen LogP contribution in [0.4, 0.5) is 4.79 Å². The second-order valence-electron chi connectivity index (χ2n) is 16.6. The van der Waals surface area contributed by atoms with E-state index in [0.29, 0.717) is 40.3 Å². The average molecular weight is 880 g/mol. The Bertz CT molecular complexity index is 2670. The maximum absolute atomic E-state index is 13.3. The fourth-order valence-electron chi connectivity index (χ4n) is 8.53. The Morgan fingerprint density at radius 1 is 0.846 bits per heavy atom. The number of nitrogens with zero attached hydrogens (tertiary/aromatic N) is 2. The maximum atomic E-state index is 13.3.